The molecular formula is C15H15N3O. The number of hydrogen-bond acceptors (Lipinski definition) is 3. The molecule has 3 rings (SSSR count). The summed E-state index contributed by atoms with van der Waals surface area (Å²) in [5, 5.41) is 13.3. The van der Waals surface area contributed by atoms with Gasteiger partial charge in [-0.25, -0.2) is 0 Å². The standard InChI is InChI=1S/C15H15N3O/c1-10-5-11(7-16)3-4-13(10)14-8-17-18-9-12(19-2)6-15(14)18/h3-5,8,12H,6,9H2,1-2H3/t12-/m1/s1. The zero-order valence-electron chi connectivity index (χ0n) is 11.1. The molecule has 1 aromatic carbocycles. The first kappa shape index (κ1) is 11.9. The van der Waals surface area contributed by atoms with Gasteiger partial charge in [0.1, 0.15) is 0 Å². The van der Waals surface area contributed by atoms with Gasteiger partial charge in [-0.2, -0.15) is 10.4 Å². The fourth-order valence-corrected chi connectivity index (χ4v) is 2.67. The molecule has 2 heterocycles. The molecule has 1 atom stereocenters. The topological polar surface area (TPSA) is 50.8 Å². The lowest BCUT2D eigenvalue weighted by Crippen LogP contribution is -2.11. The Labute approximate surface area is 112 Å². The fourth-order valence-electron chi connectivity index (χ4n) is 2.67. The molecule has 19 heavy (non-hydrogen) atoms. The van der Waals surface area contributed by atoms with Gasteiger partial charge in [0.05, 0.1) is 30.5 Å². The number of hydrogen-bond donors (Lipinski definition) is 0. The Bertz CT molecular complexity index is 667. The van der Waals surface area contributed by atoms with E-state index in [1.807, 2.05) is 36.0 Å². The van der Waals surface area contributed by atoms with Crippen molar-refractivity contribution in [3.63, 3.8) is 0 Å². The molecule has 0 bridgehead atoms. The lowest BCUT2D eigenvalue weighted by atomic mass is 9.98. The first-order valence-corrected chi connectivity index (χ1v) is 6.31. The molecule has 1 aliphatic heterocycles. The quantitative estimate of drug-likeness (QED) is 0.825. The van der Waals surface area contributed by atoms with E-state index in [-0.39, 0.29) is 6.10 Å². The monoisotopic (exact) mass is 253 g/mol. The number of rotatable bonds is 2. The van der Waals surface area contributed by atoms with Crippen molar-refractivity contribution in [3.8, 4) is 17.2 Å². The SMILES string of the molecule is CO[C@@H]1Cc2c(-c3ccc(C#N)cc3C)cnn2C1. The van der Waals surface area contributed by atoms with Crippen LogP contribution in [0.25, 0.3) is 11.1 Å². The molecule has 0 N–H and O–H groups in total. The molecule has 0 aliphatic carbocycles. The molecule has 96 valence electrons. The number of aryl methyl sites for hydroxylation is 1. The maximum absolute atomic E-state index is 8.92. The van der Waals surface area contributed by atoms with Crippen LogP contribution < -0.4 is 0 Å². The molecule has 1 aromatic heterocycles. The molecular weight excluding hydrogens is 238 g/mol. The van der Waals surface area contributed by atoms with Crippen LogP contribution in [0.15, 0.2) is 24.4 Å². The van der Waals surface area contributed by atoms with Gasteiger partial charge in [0.2, 0.25) is 0 Å². The van der Waals surface area contributed by atoms with Crippen molar-refractivity contribution < 1.29 is 4.74 Å². The van der Waals surface area contributed by atoms with E-state index in [1.165, 1.54) is 5.69 Å². The Morgan fingerprint density at radius 1 is 1.42 bits per heavy atom. The van der Waals surface area contributed by atoms with Gasteiger partial charge in [0.15, 0.2) is 0 Å². The predicted molar refractivity (Wildman–Crippen MR) is 71.6 cm³/mol. The van der Waals surface area contributed by atoms with Crippen molar-refractivity contribution in [2.75, 3.05) is 7.11 Å². The predicted octanol–water partition coefficient (Wildman–Crippen LogP) is 2.30. The molecule has 0 unspecified atom stereocenters. The second kappa shape index (κ2) is 4.52. The lowest BCUT2D eigenvalue weighted by molar-refractivity contribution is 0.102. The van der Waals surface area contributed by atoms with E-state index >= 15 is 0 Å². The van der Waals surface area contributed by atoms with Gasteiger partial charge in [0, 0.05) is 24.8 Å². The average molecular weight is 253 g/mol. The van der Waals surface area contributed by atoms with Crippen LogP contribution >= 0.6 is 0 Å². The van der Waals surface area contributed by atoms with Crippen LogP contribution in [-0.2, 0) is 17.7 Å². The van der Waals surface area contributed by atoms with Gasteiger partial charge in [-0.05, 0) is 30.2 Å². The third-order valence-electron chi connectivity index (χ3n) is 3.73. The van der Waals surface area contributed by atoms with E-state index in [4.69, 9.17) is 10.00 Å². The number of benzene rings is 1. The van der Waals surface area contributed by atoms with Gasteiger partial charge in [-0.1, -0.05) is 6.07 Å². The maximum Gasteiger partial charge on any atom is 0.0991 e. The van der Waals surface area contributed by atoms with Crippen LogP contribution in [-0.4, -0.2) is 23.0 Å². The molecule has 0 fully saturated rings. The first-order chi connectivity index (χ1) is 9.22. The smallest absolute Gasteiger partial charge is 0.0991 e. The van der Waals surface area contributed by atoms with Crippen LogP contribution in [0.2, 0.25) is 0 Å². The van der Waals surface area contributed by atoms with Gasteiger partial charge in [0.25, 0.3) is 0 Å². The summed E-state index contributed by atoms with van der Waals surface area (Å²) < 4.78 is 7.42. The summed E-state index contributed by atoms with van der Waals surface area (Å²) in [7, 11) is 1.74. The van der Waals surface area contributed by atoms with E-state index in [9.17, 15) is 0 Å². The highest BCUT2D eigenvalue weighted by Gasteiger charge is 2.25. The second-order valence-electron chi connectivity index (χ2n) is 4.89. The van der Waals surface area contributed by atoms with E-state index in [0.29, 0.717) is 5.56 Å². The number of fused-ring (bicyclic) bond motifs is 1. The van der Waals surface area contributed by atoms with Gasteiger partial charge < -0.3 is 4.74 Å². The van der Waals surface area contributed by atoms with Crippen LogP contribution in [0.1, 0.15) is 16.8 Å². The molecule has 4 nitrogen and oxygen atoms in total. The lowest BCUT2D eigenvalue weighted by Gasteiger charge is -2.07. The number of ether oxygens (including phenoxy) is 1. The number of nitrogens with zero attached hydrogens (tertiary/aromatic N) is 3. The highest BCUT2D eigenvalue weighted by molar-refractivity contribution is 5.70. The summed E-state index contributed by atoms with van der Waals surface area (Å²) in [4.78, 5) is 0. The molecule has 0 spiro atoms. The summed E-state index contributed by atoms with van der Waals surface area (Å²) in [6.07, 6.45) is 3.03. The summed E-state index contributed by atoms with van der Waals surface area (Å²) in [6.45, 7) is 2.85. The number of methoxy groups -OCH3 is 1. The van der Waals surface area contributed by atoms with Crippen molar-refractivity contribution in [1.29, 1.82) is 5.26 Å². The minimum absolute atomic E-state index is 0.223. The van der Waals surface area contributed by atoms with Crippen molar-refractivity contribution in [2.24, 2.45) is 0 Å². The van der Waals surface area contributed by atoms with Crippen molar-refractivity contribution in [3.05, 3.63) is 41.2 Å². The van der Waals surface area contributed by atoms with E-state index < -0.39 is 0 Å². The average Bonchev–Trinajstić information content (AvgIpc) is 2.98. The van der Waals surface area contributed by atoms with Crippen LogP contribution in [0, 0.1) is 18.3 Å². The van der Waals surface area contributed by atoms with Gasteiger partial charge >= 0.3 is 0 Å². The molecule has 2 aromatic rings. The van der Waals surface area contributed by atoms with Crippen LogP contribution in [0.4, 0.5) is 0 Å². The van der Waals surface area contributed by atoms with E-state index in [0.717, 1.165) is 29.7 Å². The third kappa shape index (κ3) is 1.92. The van der Waals surface area contributed by atoms with Gasteiger partial charge in [-0.3, -0.25) is 4.68 Å². The Balaban J connectivity index is 2.04. The molecule has 4 heteroatoms. The number of aromatic nitrogens is 2. The maximum atomic E-state index is 8.92. The Hall–Kier alpha value is -2.12. The van der Waals surface area contributed by atoms with Crippen LogP contribution in [0.5, 0.6) is 0 Å². The van der Waals surface area contributed by atoms with Gasteiger partial charge in [-0.15, -0.1) is 0 Å². The minimum atomic E-state index is 0.223. The van der Waals surface area contributed by atoms with Crippen molar-refractivity contribution in [2.45, 2.75) is 26.0 Å². The first-order valence-electron chi connectivity index (χ1n) is 6.31. The largest absolute Gasteiger partial charge is 0.379 e. The second-order valence-corrected chi connectivity index (χ2v) is 4.89. The molecule has 0 saturated carbocycles. The van der Waals surface area contributed by atoms with Crippen LogP contribution in [0.3, 0.4) is 0 Å². The highest BCUT2D eigenvalue weighted by atomic mass is 16.5. The molecule has 0 saturated heterocycles. The van der Waals surface area contributed by atoms with E-state index in [1.54, 1.807) is 7.11 Å². The summed E-state index contributed by atoms with van der Waals surface area (Å²) in [5.74, 6) is 0. The van der Waals surface area contributed by atoms with Crippen molar-refractivity contribution in [1.82, 2.24) is 9.78 Å². The molecule has 1 aliphatic rings. The molecule has 0 radical (unpaired) electrons. The molecule has 0 amide bonds. The zero-order chi connectivity index (χ0) is 13.4. The summed E-state index contributed by atoms with van der Waals surface area (Å²) in [6, 6.07) is 7.95. The Morgan fingerprint density at radius 2 is 2.26 bits per heavy atom. The third-order valence-corrected chi connectivity index (χ3v) is 3.73. The summed E-state index contributed by atoms with van der Waals surface area (Å²) >= 11 is 0. The summed E-state index contributed by atoms with van der Waals surface area (Å²) in [5.41, 5.74) is 5.33. The Morgan fingerprint density at radius 3 is 2.95 bits per heavy atom. The van der Waals surface area contributed by atoms with E-state index in [2.05, 4.69) is 11.2 Å². The minimum Gasteiger partial charge on any atom is -0.379 e. The highest BCUT2D eigenvalue weighted by Crippen LogP contribution is 2.31. The Kier molecular flexibility index (Phi) is 2.84. The fraction of sp³-hybridized carbons (Fsp3) is 0.333. The number of nitriles is 1. The van der Waals surface area contributed by atoms with Crippen molar-refractivity contribution >= 4 is 0 Å². The normalized spacial score (nSPS) is 17.2. The zero-order valence-corrected chi connectivity index (χ0v) is 11.1.